The highest BCUT2D eigenvalue weighted by Crippen LogP contribution is 2.27. The van der Waals surface area contributed by atoms with Gasteiger partial charge in [0.1, 0.15) is 11.3 Å². The van der Waals surface area contributed by atoms with Gasteiger partial charge >= 0.3 is 0 Å². The Morgan fingerprint density at radius 3 is 2.39 bits per heavy atom. The van der Waals surface area contributed by atoms with Gasteiger partial charge in [-0.3, -0.25) is 19.7 Å². The van der Waals surface area contributed by atoms with Crippen molar-refractivity contribution in [1.82, 2.24) is 0 Å². The van der Waals surface area contributed by atoms with Crippen LogP contribution in [0.1, 0.15) is 39.8 Å². The number of amides is 2. The van der Waals surface area contributed by atoms with Crippen molar-refractivity contribution in [3.8, 4) is 0 Å². The first-order valence-corrected chi connectivity index (χ1v) is 5.71. The number of carbonyl (C=O) groups is 3. The smallest absolute Gasteiger partial charge is 0.255 e. The minimum absolute atomic E-state index is 0.0644. The van der Waals surface area contributed by atoms with E-state index in [9.17, 15) is 14.4 Å². The van der Waals surface area contributed by atoms with E-state index in [1.54, 1.807) is 0 Å². The summed E-state index contributed by atoms with van der Waals surface area (Å²) in [6.07, 6.45) is 0.0644. The summed E-state index contributed by atoms with van der Waals surface area (Å²) < 4.78 is 5.19. The Morgan fingerprint density at radius 1 is 1.33 bits per heavy atom. The first-order chi connectivity index (χ1) is 8.38. The highest BCUT2D eigenvalue weighted by Gasteiger charge is 2.25. The summed E-state index contributed by atoms with van der Waals surface area (Å²) in [5.41, 5.74) is 5.17. The fourth-order valence-electron chi connectivity index (χ4n) is 1.57. The molecule has 0 aliphatic heterocycles. The zero-order valence-electron chi connectivity index (χ0n) is 10.0. The van der Waals surface area contributed by atoms with E-state index in [2.05, 4.69) is 5.32 Å². The lowest BCUT2D eigenvalue weighted by atomic mass is 10.1. The van der Waals surface area contributed by atoms with Gasteiger partial charge in [-0.25, -0.2) is 0 Å². The quantitative estimate of drug-likeness (QED) is 0.625. The highest BCUT2D eigenvalue weighted by atomic mass is 35.5. The van der Waals surface area contributed by atoms with E-state index >= 15 is 0 Å². The Bertz CT molecular complexity index is 507. The Labute approximate surface area is 108 Å². The Morgan fingerprint density at radius 2 is 1.94 bits per heavy atom. The molecule has 0 atom stereocenters. The van der Waals surface area contributed by atoms with Crippen molar-refractivity contribution >= 4 is 35.1 Å². The van der Waals surface area contributed by atoms with Crippen molar-refractivity contribution in [1.29, 1.82) is 0 Å². The lowest BCUT2D eigenvalue weighted by Gasteiger charge is -2.02. The molecule has 98 valence electrons. The number of hydrogen-bond acceptors (Lipinski definition) is 4. The SMILES string of the molecule is CC(=O)c1c(C)oc(NC(=O)CCCl)c1C(N)=O. The number of carbonyl (C=O) groups excluding carboxylic acids is 3. The predicted molar refractivity (Wildman–Crippen MR) is 65.9 cm³/mol. The maximum atomic E-state index is 11.4. The predicted octanol–water partition coefficient (Wildman–Crippen LogP) is 1.46. The molecule has 0 bridgehead atoms. The van der Waals surface area contributed by atoms with Gasteiger partial charge in [0.15, 0.2) is 5.78 Å². The highest BCUT2D eigenvalue weighted by molar-refractivity contribution is 6.19. The number of alkyl halides is 1. The number of anilines is 1. The fraction of sp³-hybridized carbons (Fsp3) is 0.364. The molecule has 1 aromatic heterocycles. The van der Waals surface area contributed by atoms with Crippen LogP contribution in [-0.2, 0) is 4.79 Å². The first kappa shape index (κ1) is 14.2. The summed E-state index contributed by atoms with van der Waals surface area (Å²) >= 11 is 5.41. The van der Waals surface area contributed by atoms with E-state index in [0.29, 0.717) is 0 Å². The van der Waals surface area contributed by atoms with Crippen molar-refractivity contribution in [3.05, 3.63) is 16.9 Å². The lowest BCUT2D eigenvalue weighted by molar-refractivity contribution is -0.115. The molecule has 1 heterocycles. The van der Waals surface area contributed by atoms with Crippen LogP contribution in [0, 0.1) is 6.92 Å². The second kappa shape index (κ2) is 5.68. The minimum Gasteiger partial charge on any atom is -0.444 e. The maximum Gasteiger partial charge on any atom is 0.255 e. The molecule has 1 aromatic rings. The molecule has 0 saturated carbocycles. The Hall–Kier alpha value is -1.82. The van der Waals surface area contributed by atoms with Gasteiger partial charge in [0.2, 0.25) is 11.8 Å². The molecule has 2 amide bonds. The third-order valence-electron chi connectivity index (χ3n) is 2.26. The number of ketones is 1. The summed E-state index contributed by atoms with van der Waals surface area (Å²) in [6.45, 7) is 2.80. The molecule has 6 nitrogen and oxygen atoms in total. The second-order valence-electron chi connectivity index (χ2n) is 3.64. The Balaban J connectivity index is 3.20. The molecule has 0 spiro atoms. The number of furan rings is 1. The monoisotopic (exact) mass is 272 g/mol. The van der Waals surface area contributed by atoms with Gasteiger partial charge < -0.3 is 10.2 Å². The Kier molecular flexibility index (Phi) is 4.49. The van der Waals surface area contributed by atoms with Gasteiger partial charge in [-0.1, -0.05) is 0 Å². The molecule has 0 fully saturated rings. The minimum atomic E-state index is -0.835. The molecule has 1 rings (SSSR count). The van der Waals surface area contributed by atoms with Crippen LogP contribution in [0.4, 0.5) is 5.88 Å². The number of aryl methyl sites for hydroxylation is 1. The van der Waals surface area contributed by atoms with E-state index in [0.717, 1.165) is 0 Å². The molecular weight excluding hydrogens is 260 g/mol. The van der Waals surface area contributed by atoms with Gasteiger partial charge in [0, 0.05) is 12.3 Å². The van der Waals surface area contributed by atoms with Gasteiger partial charge in [0.05, 0.1) is 5.56 Å². The fourth-order valence-corrected chi connectivity index (χ4v) is 1.74. The van der Waals surface area contributed by atoms with Crippen molar-refractivity contribution in [3.63, 3.8) is 0 Å². The summed E-state index contributed by atoms with van der Waals surface area (Å²) in [4.78, 5) is 34.1. The van der Waals surface area contributed by atoms with Crippen LogP contribution in [0.25, 0.3) is 0 Å². The van der Waals surface area contributed by atoms with Crippen LogP contribution < -0.4 is 11.1 Å². The number of primary amides is 1. The molecule has 0 aliphatic rings. The first-order valence-electron chi connectivity index (χ1n) is 5.18. The van der Waals surface area contributed by atoms with Gasteiger partial charge in [0.25, 0.3) is 5.91 Å². The summed E-state index contributed by atoms with van der Waals surface area (Å²) in [6, 6.07) is 0. The van der Waals surface area contributed by atoms with E-state index in [1.807, 2.05) is 0 Å². The second-order valence-corrected chi connectivity index (χ2v) is 4.02. The van der Waals surface area contributed by atoms with Crippen molar-refractivity contribution in [2.45, 2.75) is 20.3 Å². The molecule has 0 radical (unpaired) electrons. The van der Waals surface area contributed by atoms with Crippen molar-refractivity contribution in [2.75, 3.05) is 11.2 Å². The lowest BCUT2D eigenvalue weighted by Crippen LogP contribution is -2.19. The normalized spacial score (nSPS) is 10.2. The van der Waals surface area contributed by atoms with Crippen molar-refractivity contribution < 1.29 is 18.8 Å². The molecule has 0 aromatic carbocycles. The van der Waals surface area contributed by atoms with Crippen LogP contribution in [0.5, 0.6) is 0 Å². The summed E-state index contributed by atoms with van der Waals surface area (Å²) in [5.74, 6) is -1.35. The average Bonchev–Trinajstić information content (AvgIpc) is 2.55. The van der Waals surface area contributed by atoms with Gasteiger partial charge in [-0.15, -0.1) is 11.6 Å². The van der Waals surface area contributed by atoms with Gasteiger partial charge in [-0.05, 0) is 13.8 Å². The van der Waals surface area contributed by atoms with E-state index in [-0.39, 0.29) is 40.9 Å². The topological polar surface area (TPSA) is 102 Å². The number of halogens is 1. The van der Waals surface area contributed by atoms with E-state index in [1.165, 1.54) is 13.8 Å². The standard InChI is InChI=1S/C11H13ClN2O4/c1-5(15)8-6(2)18-11(9(8)10(13)17)14-7(16)3-4-12/h3-4H2,1-2H3,(H2,13,17)(H,14,16). The largest absolute Gasteiger partial charge is 0.444 e. The third kappa shape index (κ3) is 2.89. The number of nitrogens with two attached hydrogens (primary N) is 1. The number of hydrogen-bond donors (Lipinski definition) is 2. The average molecular weight is 273 g/mol. The molecule has 3 N–H and O–H groups in total. The molecule has 0 saturated heterocycles. The number of Topliss-reactive ketones (excluding diaryl/α,β-unsaturated/α-hetero) is 1. The van der Waals surface area contributed by atoms with Crippen LogP contribution in [0.3, 0.4) is 0 Å². The number of rotatable bonds is 5. The van der Waals surface area contributed by atoms with Crippen LogP contribution in [0.2, 0.25) is 0 Å². The zero-order valence-corrected chi connectivity index (χ0v) is 10.8. The molecule has 7 heteroatoms. The summed E-state index contributed by atoms with van der Waals surface area (Å²) in [5, 5.41) is 2.37. The van der Waals surface area contributed by atoms with Crippen LogP contribution >= 0.6 is 11.6 Å². The molecule has 0 aliphatic carbocycles. The van der Waals surface area contributed by atoms with E-state index < -0.39 is 11.8 Å². The van der Waals surface area contributed by atoms with Crippen LogP contribution in [-0.4, -0.2) is 23.5 Å². The number of nitrogens with one attached hydrogen (secondary N) is 1. The van der Waals surface area contributed by atoms with Gasteiger partial charge in [-0.2, -0.15) is 0 Å². The maximum absolute atomic E-state index is 11.4. The third-order valence-corrected chi connectivity index (χ3v) is 2.45. The van der Waals surface area contributed by atoms with Crippen molar-refractivity contribution in [2.24, 2.45) is 5.73 Å². The summed E-state index contributed by atoms with van der Waals surface area (Å²) in [7, 11) is 0. The molecule has 0 unspecified atom stereocenters. The molecule has 18 heavy (non-hydrogen) atoms. The molecular formula is C11H13ClN2O4. The zero-order chi connectivity index (χ0) is 13.9. The van der Waals surface area contributed by atoms with Crippen LogP contribution in [0.15, 0.2) is 4.42 Å². The van der Waals surface area contributed by atoms with E-state index in [4.69, 9.17) is 21.8 Å².